The smallest absolute Gasteiger partial charge is 0.396 e. The van der Waals surface area contributed by atoms with Crippen LogP contribution in [0, 0.1) is 0 Å². The molecule has 1 heterocycles. The number of phenolic OH excluding ortho intramolecular Hbond substituents is 1. The van der Waals surface area contributed by atoms with E-state index in [1.165, 1.54) is 12.1 Å². The van der Waals surface area contributed by atoms with Gasteiger partial charge in [-0.2, -0.15) is 18.2 Å². The Morgan fingerprint density at radius 3 is 2.50 bits per heavy atom. The minimum absolute atomic E-state index is 0.0441. The van der Waals surface area contributed by atoms with Crippen LogP contribution in [-0.4, -0.2) is 21.4 Å². The fourth-order valence-electron chi connectivity index (χ4n) is 1.64. The number of alkyl halides is 3. The van der Waals surface area contributed by atoms with Gasteiger partial charge in [0.1, 0.15) is 12.2 Å². The normalized spacial score (nSPS) is 13.4. The lowest BCUT2D eigenvalue weighted by Crippen LogP contribution is -2.15. The Morgan fingerprint density at radius 2 is 1.90 bits per heavy atom. The van der Waals surface area contributed by atoms with Gasteiger partial charge in [-0.1, -0.05) is 17.3 Å². The molecule has 1 aromatic carbocycles. The van der Waals surface area contributed by atoms with Gasteiger partial charge in [0.15, 0.2) is 5.82 Å². The summed E-state index contributed by atoms with van der Waals surface area (Å²) in [6, 6.07) is 5.59. The number of aromatic nitrogens is 2. The summed E-state index contributed by atoms with van der Waals surface area (Å²) in [6.07, 6.45) is -5.32. The minimum Gasteiger partial charge on any atom is -0.508 e. The lowest BCUT2D eigenvalue weighted by atomic mass is 10.1. The van der Waals surface area contributed by atoms with Crippen molar-refractivity contribution in [2.45, 2.75) is 25.1 Å². The average molecular weight is 287 g/mol. The van der Waals surface area contributed by atoms with E-state index in [1.54, 1.807) is 12.1 Å². The van der Waals surface area contributed by atoms with Gasteiger partial charge < -0.3 is 15.4 Å². The van der Waals surface area contributed by atoms with Crippen LogP contribution in [0.3, 0.4) is 0 Å². The van der Waals surface area contributed by atoms with E-state index >= 15 is 0 Å². The molecule has 1 aromatic heterocycles. The molecule has 2 rings (SSSR count). The van der Waals surface area contributed by atoms with Crippen molar-refractivity contribution in [3.05, 3.63) is 41.5 Å². The van der Waals surface area contributed by atoms with Gasteiger partial charge in [-0.3, -0.25) is 0 Å². The summed E-state index contributed by atoms with van der Waals surface area (Å²) in [4.78, 5) is 3.64. The fourth-order valence-corrected chi connectivity index (χ4v) is 1.64. The topological polar surface area (TPSA) is 85.2 Å². The molecule has 0 spiro atoms. The van der Waals surface area contributed by atoms with Crippen LogP contribution in [-0.2, 0) is 12.8 Å². The van der Waals surface area contributed by atoms with Crippen molar-refractivity contribution in [2.75, 3.05) is 0 Å². The van der Waals surface area contributed by atoms with Crippen LogP contribution in [0.4, 0.5) is 13.2 Å². The van der Waals surface area contributed by atoms with Crippen LogP contribution in [0.5, 0.6) is 5.75 Å². The Morgan fingerprint density at radius 1 is 1.25 bits per heavy atom. The van der Waals surface area contributed by atoms with Gasteiger partial charge in [-0.25, -0.2) is 0 Å². The lowest BCUT2D eigenvalue weighted by molar-refractivity contribution is -0.128. The first-order chi connectivity index (χ1) is 9.33. The second-order valence-corrected chi connectivity index (χ2v) is 4.32. The third-order valence-electron chi connectivity index (χ3n) is 2.55. The maximum absolute atomic E-state index is 12.2. The molecule has 3 N–H and O–H groups in total. The summed E-state index contributed by atoms with van der Waals surface area (Å²) in [5.74, 6) is -0.362. The highest BCUT2D eigenvalue weighted by Crippen LogP contribution is 2.21. The molecule has 0 aliphatic heterocycles. The number of halogens is 3. The molecule has 0 saturated heterocycles. The van der Waals surface area contributed by atoms with Gasteiger partial charge in [0.2, 0.25) is 5.89 Å². The average Bonchev–Trinajstić information content (AvgIpc) is 2.78. The van der Waals surface area contributed by atoms with E-state index in [9.17, 15) is 13.2 Å². The van der Waals surface area contributed by atoms with Crippen molar-refractivity contribution in [2.24, 2.45) is 5.73 Å². The SMILES string of the molecule is N[C@@H](Cc1ccc(O)cc1)c1nc(CC(F)(F)F)no1. The number of rotatable bonds is 4. The first-order valence-corrected chi connectivity index (χ1v) is 5.76. The second-order valence-electron chi connectivity index (χ2n) is 4.32. The Hall–Kier alpha value is -2.09. The minimum atomic E-state index is -4.39. The largest absolute Gasteiger partial charge is 0.508 e. The number of nitrogens with two attached hydrogens (primary N) is 1. The molecule has 1 atom stereocenters. The summed E-state index contributed by atoms with van der Waals surface area (Å²) in [6.45, 7) is 0. The zero-order chi connectivity index (χ0) is 14.8. The molecule has 8 heteroatoms. The first kappa shape index (κ1) is 14.3. The van der Waals surface area contributed by atoms with Gasteiger partial charge in [-0.15, -0.1) is 0 Å². The van der Waals surface area contributed by atoms with Crippen molar-refractivity contribution in [1.29, 1.82) is 0 Å². The van der Waals surface area contributed by atoms with Gasteiger partial charge >= 0.3 is 6.18 Å². The quantitative estimate of drug-likeness (QED) is 0.899. The molecular weight excluding hydrogens is 275 g/mol. The summed E-state index contributed by atoms with van der Waals surface area (Å²) in [5.41, 5.74) is 6.60. The van der Waals surface area contributed by atoms with E-state index in [0.29, 0.717) is 6.42 Å². The maximum Gasteiger partial charge on any atom is 0.396 e. The fraction of sp³-hybridized carbons (Fsp3) is 0.333. The summed E-state index contributed by atoms with van der Waals surface area (Å²) >= 11 is 0. The van der Waals surface area contributed by atoms with E-state index in [-0.39, 0.29) is 11.6 Å². The van der Waals surface area contributed by atoms with Gasteiger partial charge in [-0.05, 0) is 24.1 Å². The van der Waals surface area contributed by atoms with Gasteiger partial charge in [0.25, 0.3) is 0 Å². The number of hydrogen-bond donors (Lipinski definition) is 2. The van der Waals surface area contributed by atoms with Gasteiger partial charge in [0, 0.05) is 0 Å². The van der Waals surface area contributed by atoms with E-state index < -0.39 is 24.5 Å². The highest BCUT2D eigenvalue weighted by Gasteiger charge is 2.31. The molecule has 2 aromatic rings. The first-order valence-electron chi connectivity index (χ1n) is 5.76. The van der Waals surface area contributed by atoms with Crippen molar-refractivity contribution in [3.63, 3.8) is 0 Å². The predicted molar refractivity (Wildman–Crippen MR) is 62.8 cm³/mol. The van der Waals surface area contributed by atoms with Crippen molar-refractivity contribution in [1.82, 2.24) is 10.1 Å². The van der Waals surface area contributed by atoms with E-state index in [2.05, 4.69) is 10.1 Å². The molecule has 0 bridgehead atoms. The van der Waals surface area contributed by atoms with Crippen molar-refractivity contribution < 1.29 is 22.8 Å². The third kappa shape index (κ3) is 3.95. The van der Waals surface area contributed by atoms with Crippen LogP contribution in [0.25, 0.3) is 0 Å². The van der Waals surface area contributed by atoms with E-state index in [0.717, 1.165) is 5.56 Å². The van der Waals surface area contributed by atoms with Gasteiger partial charge in [0.05, 0.1) is 6.04 Å². The molecule has 108 valence electrons. The monoisotopic (exact) mass is 287 g/mol. The summed E-state index contributed by atoms with van der Waals surface area (Å²) in [7, 11) is 0. The number of phenols is 1. The van der Waals surface area contributed by atoms with Crippen LogP contribution >= 0.6 is 0 Å². The molecule has 0 amide bonds. The Labute approximate surface area is 112 Å². The zero-order valence-electron chi connectivity index (χ0n) is 10.3. The molecule has 0 aliphatic rings. The van der Waals surface area contributed by atoms with Crippen LogP contribution in [0.15, 0.2) is 28.8 Å². The second kappa shape index (κ2) is 5.49. The highest BCUT2D eigenvalue weighted by atomic mass is 19.4. The molecule has 0 saturated carbocycles. The molecule has 20 heavy (non-hydrogen) atoms. The zero-order valence-corrected chi connectivity index (χ0v) is 10.3. The van der Waals surface area contributed by atoms with Crippen LogP contribution in [0.2, 0.25) is 0 Å². The standard InChI is InChI=1S/C12H12F3N3O2/c13-12(14,15)6-10-17-11(20-18-10)9(16)5-7-1-3-8(19)4-2-7/h1-4,9,19H,5-6,16H2/t9-/m0/s1. The molecule has 0 fully saturated rings. The molecular formula is C12H12F3N3O2. The number of nitrogens with zero attached hydrogens (tertiary/aromatic N) is 2. The van der Waals surface area contributed by atoms with E-state index in [4.69, 9.17) is 15.4 Å². The Balaban J connectivity index is 2.02. The van der Waals surface area contributed by atoms with Crippen molar-refractivity contribution >= 4 is 0 Å². The van der Waals surface area contributed by atoms with Crippen LogP contribution in [0.1, 0.15) is 23.3 Å². The Bertz CT molecular complexity index is 566. The molecule has 0 aliphatic carbocycles. The molecule has 0 unspecified atom stereocenters. The summed E-state index contributed by atoms with van der Waals surface area (Å²) in [5, 5.41) is 12.4. The summed E-state index contributed by atoms with van der Waals surface area (Å²) < 4.78 is 41.2. The van der Waals surface area contributed by atoms with Crippen LogP contribution < -0.4 is 5.73 Å². The Kier molecular flexibility index (Phi) is 3.93. The third-order valence-corrected chi connectivity index (χ3v) is 2.55. The lowest BCUT2D eigenvalue weighted by Gasteiger charge is -2.06. The number of benzene rings is 1. The number of hydrogen-bond acceptors (Lipinski definition) is 5. The maximum atomic E-state index is 12.2. The highest BCUT2D eigenvalue weighted by molar-refractivity contribution is 5.26. The molecule has 0 radical (unpaired) electrons. The van der Waals surface area contributed by atoms with Crippen molar-refractivity contribution in [3.8, 4) is 5.75 Å². The predicted octanol–water partition coefficient (Wildman–Crippen LogP) is 2.12. The molecule has 5 nitrogen and oxygen atoms in total. The van der Waals surface area contributed by atoms with E-state index in [1.807, 2.05) is 0 Å². The number of aromatic hydroxyl groups is 1.